The van der Waals surface area contributed by atoms with Gasteiger partial charge in [-0.1, -0.05) is 12.1 Å². The van der Waals surface area contributed by atoms with Crippen LogP contribution in [0.2, 0.25) is 0 Å². The smallest absolute Gasteiger partial charge is 0.322 e. The molecule has 0 spiro atoms. The first-order valence-electron chi connectivity index (χ1n) is 5.91. The maximum Gasteiger partial charge on any atom is 0.322 e. The molecule has 3 aromatic rings. The lowest BCUT2D eigenvalue weighted by Gasteiger charge is -2.09. The maximum atomic E-state index is 5.61. The highest BCUT2D eigenvalue weighted by molar-refractivity contribution is 5.94. The number of aromatic nitrogens is 4. The van der Waals surface area contributed by atoms with Gasteiger partial charge in [0.2, 0.25) is 11.9 Å². The van der Waals surface area contributed by atoms with E-state index in [0.717, 1.165) is 16.5 Å². The summed E-state index contributed by atoms with van der Waals surface area (Å²) in [5.41, 5.74) is 6.44. The van der Waals surface area contributed by atoms with Crippen LogP contribution in [0.1, 0.15) is 0 Å². The highest BCUT2D eigenvalue weighted by atomic mass is 16.5. The van der Waals surface area contributed by atoms with E-state index in [-0.39, 0.29) is 12.0 Å². The molecule has 0 atom stereocenters. The molecule has 0 radical (unpaired) electrons. The zero-order valence-electron chi connectivity index (χ0n) is 10.7. The molecular formula is C13H12N6O. The quantitative estimate of drug-likeness (QED) is 0.746. The summed E-state index contributed by atoms with van der Waals surface area (Å²) in [5, 5.41) is 5.13. The van der Waals surface area contributed by atoms with Crippen LogP contribution in [-0.2, 0) is 0 Å². The van der Waals surface area contributed by atoms with E-state index in [9.17, 15) is 0 Å². The van der Waals surface area contributed by atoms with E-state index in [1.165, 1.54) is 7.11 Å². The molecule has 0 amide bonds. The van der Waals surface area contributed by atoms with Gasteiger partial charge < -0.3 is 15.8 Å². The molecule has 3 rings (SSSR count). The van der Waals surface area contributed by atoms with Crippen molar-refractivity contribution in [3.8, 4) is 6.01 Å². The molecular weight excluding hydrogens is 256 g/mol. The standard InChI is InChI=1S/C13H12N6O/c1-20-13-18-11(14)17-12(19-13)16-10-4-2-3-8-5-6-15-7-9(8)10/h2-7H,1H3,(H3,14,16,17,18,19). The average Bonchev–Trinajstić information content (AvgIpc) is 2.47. The van der Waals surface area contributed by atoms with Gasteiger partial charge in [0, 0.05) is 17.8 Å². The Kier molecular flexibility index (Phi) is 3.00. The van der Waals surface area contributed by atoms with Gasteiger partial charge in [0.1, 0.15) is 0 Å². The zero-order valence-corrected chi connectivity index (χ0v) is 10.7. The van der Waals surface area contributed by atoms with Gasteiger partial charge in [0.25, 0.3) is 0 Å². The zero-order chi connectivity index (χ0) is 13.9. The molecule has 0 bridgehead atoms. The summed E-state index contributed by atoms with van der Waals surface area (Å²) in [6.45, 7) is 0. The third-order valence-corrected chi connectivity index (χ3v) is 2.74. The Labute approximate surface area is 114 Å². The number of fused-ring (bicyclic) bond motifs is 1. The van der Waals surface area contributed by atoms with Crippen molar-refractivity contribution in [2.75, 3.05) is 18.2 Å². The predicted molar refractivity (Wildman–Crippen MR) is 75.8 cm³/mol. The first kappa shape index (κ1) is 12.1. The number of anilines is 3. The number of ether oxygens (including phenoxy) is 1. The van der Waals surface area contributed by atoms with Crippen molar-refractivity contribution in [3.63, 3.8) is 0 Å². The van der Waals surface area contributed by atoms with Gasteiger partial charge in [-0.2, -0.15) is 15.0 Å². The average molecular weight is 268 g/mol. The molecule has 2 heterocycles. The second kappa shape index (κ2) is 4.96. The number of nitrogens with two attached hydrogens (primary N) is 1. The first-order valence-corrected chi connectivity index (χ1v) is 5.91. The van der Waals surface area contributed by atoms with E-state index in [1.807, 2.05) is 24.3 Å². The molecule has 20 heavy (non-hydrogen) atoms. The summed E-state index contributed by atoms with van der Waals surface area (Å²) in [6, 6.07) is 7.95. The van der Waals surface area contributed by atoms with Gasteiger partial charge in [-0.3, -0.25) is 4.98 Å². The van der Waals surface area contributed by atoms with Crippen molar-refractivity contribution in [2.24, 2.45) is 0 Å². The second-order valence-corrected chi connectivity index (χ2v) is 4.03. The Hall–Kier alpha value is -2.96. The Bertz CT molecular complexity index is 755. The largest absolute Gasteiger partial charge is 0.467 e. The summed E-state index contributed by atoms with van der Waals surface area (Å²) in [5.74, 6) is 0.420. The maximum absolute atomic E-state index is 5.61. The molecule has 0 saturated carbocycles. The van der Waals surface area contributed by atoms with Crippen molar-refractivity contribution in [1.82, 2.24) is 19.9 Å². The van der Waals surface area contributed by atoms with Crippen molar-refractivity contribution >= 4 is 28.4 Å². The molecule has 2 aromatic heterocycles. The van der Waals surface area contributed by atoms with Crippen LogP contribution in [-0.4, -0.2) is 27.0 Å². The molecule has 0 unspecified atom stereocenters. The third-order valence-electron chi connectivity index (χ3n) is 2.74. The molecule has 3 N–H and O–H groups in total. The fourth-order valence-corrected chi connectivity index (χ4v) is 1.86. The van der Waals surface area contributed by atoms with Gasteiger partial charge in [0.15, 0.2) is 0 Å². The minimum absolute atomic E-state index is 0.0951. The molecule has 1 aromatic carbocycles. The van der Waals surface area contributed by atoms with Crippen molar-refractivity contribution in [3.05, 3.63) is 36.7 Å². The Balaban J connectivity index is 2.03. The summed E-state index contributed by atoms with van der Waals surface area (Å²) in [7, 11) is 1.47. The van der Waals surface area contributed by atoms with Crippen LogP contribution < -0.4 is 15.8 Å². The fourth-order valence-electron chi connectivity index (χ4n) is 1.86. The van der Waals surface area contributed by atoms with Gasteiger partial charge in [-0.05, 0) is 17.5 Å². The number of hydrogen-bond donors (Lipinski definition) is 2. The van der Waals surface area contributed by atoms with Gasteiger partial charge in [-0.15, -0.1) is 0 Å². The predicted octanol–water partition coefficient (Wildman–Crippen LogP) is 1.75. The SMILES string of the molecule is COc1nc(N)nc(Nc2cccc3ccncc23)n1. The molecule has 0 fully saturated rings. The van der Waals surface area contributed by atoms with Crippen LogP contribution in [0.3, 0.4) is 0 Å². The molecule has 7 heteroatoms. The van der Waals surface area contributed by atoms with Crippen LogP contribution in [0.15, 0.2) is 36.7 Å². The minimum Gasteiger partial charge on any atom is -0.467 e. The van der Waals surface area contributed by atoms with Crippen molar-refractivity contribution in [2.45, 2.75) is 0 Å². The number of nitrogen functional groups attached to an aromatic ring is 1. The fraction of sp³-hybridized carbons (Fsp3) is 0.0769. The van der Waals surface area contributed by atoms with E-state index < -0.39 is 0 Å². The topological polar surface area (TPSA) is 98.8 Å². The Morgan fingerprint density at radius 3 is 2.90 bits per heavy atom. The van der Waals surface area contributed by atoms with Gasteiger partial charge >= 0.3 is 6.01 Å². The normalized spacial score (nSPS) is 10.4. The van der Waals surface area contributed by atoms with Crippen LogP contribution in [0.4, 0.5) is 17.6 Å². The summed E-state index contributed by atoms with van der Waals surface area (Å²) >= 11 is 0. The van der Waals surface area contributed by atoms with E-state index in [2.05, 4.69) is 25.3 Å². The lowest BCUT2D eigenvalue weighted by molar-refractivity contribution is 0.380. The van der Waals surface area contributed by atoms with Gasteiger partial charge in [-0.25, -0.2) is 0 Å². The summed E-state index contributed by atoms with van der Waals surface area (Å²) in [6.07, 6.45) is 3.52. The lowest BCUT2D eigenvalue weighted by atomic mass is 10.1. The molecule has 0 aliphatic rings. The van der Waals surface area contributed by atoms with Crippen LogP contribution in [0.25, 0.3) is 10.8 Å². The number of benzene rings is 1. The number of nitrogens with one attached hydrogen (secondary N) is 1. The number of rotatable bonds is 3. The highest BCUT2D eigenvalue weighted by Crippen LogP contribution is 2.24. The van der Waals surface area contributed by atoms with Gasteiger partial charge in [0.05, 0.1) is 12.8 Å². The van der Waals surface area contributed by atoms with Crippen molar-refractivity contribution < 1.29 is 4.74 Å². The number of pyridine rings is 1. The van der Waals surface area contributed by atoms with Crippen molar-refractivity contribution in [1.29, 1.82) is 0 Å². The third kappa shape index (κ3) is 2.28. The van der Waals surface area contributed by atoms with E-state index in [1.54, 1.807) is 12.4 Å². The van der Waals surface area contributed by atoms with E-state index in [4.69, 9.17) is 10.5 Å². The molecule has 7 nitrogen and oxygen atoms in total. The van der Waals surface area contributed by atoms with Crippen LogP contribution >= 0.6 is 0 Å². The van der Waals surface area contributed by atoms with Crippen LogP contribution in [0, 0.1) is 0 Å². The molecule has 0 aliphatic carbocycles. The Morgan fingerprint density at radius 1 is 1.15 bits per heavy atom. The number of nitrogens with zero attached hydrogens (tertiary/aromatic N) is 4. The minimum atomic E-state index is 0.0951. The number of methoxy groups -OCH3 is 1. The van der Waals surface area contributed by atoms with Crippen LogP contribution in [0.5, 0.6) is 6.01 Å². The second-order valence-electron chi connectivity index (χ2n) is 4.03. The molecule has 100 valence electrons. The summed E-state index contributed by atoms with van der Waals surface area (Å²) < 4.78 is 4.97. The van der Waals surface area contributed by atoms with E-state index in [0.29, 0.717) is 5.95 Å². The lowest BCUT2D eigenvalue weighted by Crippen LogP contribution is -2.05. The molecule has 0 aliphatic heterocycles. The first-order chi connectivity index (χ1) is 9.76. The Morgan fingerprint density at radius 2 is 2.05 bits per heavy atom. The summed E-state index contributed by atoms with van der Waals surface area (Å²) in [4.78, 5) is 16.1. The van der Waals surface area contributed by atoms with E-state index >= 15 is 0 Å². The highest BCUT2D eigenvalue weighted by Gasteiger charge is 2.07. The molecule has 0 saturated heterocycles. The number of hydrogen-bond acceptors (Lipinski definition) is 7. The monoisotopic (exact) mass is 268 g/mol.